The summed E-state index contributed by atoms with van der Waals surface area (Å²) < 4.78 is 59.2. The molecule has 0 radical (unpaired) electrons. The van der Waals surface area contributed by atoms with Gasteiger partial charge in [0.1, 0.15) is 5.75 Å². The van der Waals surface area contributed by atoms with Gasteiger partial charge in [-0.15, -0.1) is 0 Å². The predicted octanol–water partition coefficient (Wildman–Crippen LogP) is 6.62. The molecule has 0 aliphatic heterocycles. The first-order valence-corrected chi connectivity index (χ1v) is 8.61. The Kier molecular flexibility index (Phi) is 6.50. The highest BCUT2D eigenvalue weighted by molar-refractivity contribution is 6.33. The summed E-state index contributed by atoms with van der Waals surface area (Å²) in [5, 5.41) is 0.0683. The van der Waals surface area contributed by atoms with E-state index in [0.717, 1.165) is 24.8 Å². The average molecular weight is 390 g/mol. The second kappa shape index (κ2) is 8.25. The molecule has 2 rings (SSSR count). The number of rotatable bonds is 6. The summed E-state index contributed by atoms with van der Waals surface area (Å²) in [6, 6.07) is 4.60. The van der Waals surface area contributed by atoms with Crippen molar-refractivity contribution in [1.29, 1.82) is 0 Å². The van der Waals surface area contributed by atoms with Crippen molar-refractivity contribution < 1.29 is 22.3 Å². The molecule has 1 aromatic heterocycles. The largest absolute Gasteiger partial charge is 0.493 e. The fourth-order valence-corrected chi connectivity index (χ4v) is 3.00. The van der Waals surface area contributed by atoms with Crippen LogP contribution in [0.15, 0.2) is 30.5 Å². The molecule has 26 heavy (non-hydrogen) atoms. The minimum atomic E-state index is -4.61. The Labute approximate surface area is 155 Å². The number of nitrogens with zero attached hydrogens (tertiary/aromatic N) is 1. The lowest BCUT2D eigenvalue weighted by Crippen LogP contribution is -2.14. The van der Waals surface area contributed by atoms with Gasteiger partial charge in [-0.3, -0.25) is 0 Å². The van der Waals surface area contributed by atoms with Gasteiger partial charge in [-0.25, -0.2) is 4.98 Å². The first kappa shape index (κ1) is 20.5. The van der Waals surface area contributed by atoms with Crippen molar-refractivity contribution >= 4 is 11.6 Å². The third-order valence-corrected chi connectivity index (χ3v) is 4.12. The number of hydrogen-bond acceptors (Lipinski definition) is 2. The molecule has 0 saturated carbocycles. The smallest absolute Gasteiger partial charge is 0.419 e. The molecule has 0 saturated heterocycles. The van der Waals surface area contributed by atoms with Crippen molar-refractivity contribution in [2.75, 3.05) is 6.61 Å². The monoisotopic (exact) mass is 389 g/mol. The van der Waals surface area contributed by atoms with Gasteiger partial charge in [0.05, 0.1) is 17.2 Å². The van der Waals surface area contributed by atoms with Gasteiger partial charge in [-0.2, -0.15) is 17.6 Å². The molecule has 7 heteroatoms. The zero-order valence-corrected chi connectivity index (χ0v) is 15.5. The minimum Gasteiger partial charge on any atom is -0.493 e. The van der Waals surface area contributed by atoms with E-state index in [9.17, 15) is 17.6 Å². The molecule has 0 N–H and O–H groups in total. The highest BCUT2D eigenvalue weighted by Crippen LogP contribution is 2.40. The molecular formula is C19H20ClF4NO. The molecule has 142 valence electrons. The van der Waals surface area contributed by atoms with Crippen LogP contribution in [-0.2, 0) is 6.18 Å². The van der Waals surface area contributed by atoms with Crippen LogP contribution >= 0.6 is 11.6 Å². The maximum atomic E-state index is 13.5. The maximum Gasteiger partial charge on any atom is 0.419 e. The maximum absolute atomic E-state index is 13.5. The molecule has 0 aliphatic rings. The zero-order valence-electron chi connectivity index (χ0n) is 14.7. The van der Waals surface area contributed by atoms with Crippen molar-refractivity contribution in [3.63, 3.8) is 0 Å². The Morgan fingerprint density at radius 1 is 1.15 bits per heavy atom. The van der Waals surface area contributed by atoms with Gasteiger partial charge >= 0.3 is 6.18 Å². The quantitative estimate of drug-likeness (QED) is 0.409. The molecule has 2 aromatic rings. The molecule has 1 unspecified atom stereocenters. The Bertz CT molecular complexity index is 762. The highest BCUT2D eigenvalue weighted by atomic mass is 35.5. The normalized spacial score (nSPS) is 13.1. The van der Waals surface area contributed by atoms with Gasteiger partial charge in [0, 0.05) is 17.8 Å². The van der Waals surface area contributed by atoms with Crippen molar-refractivity contribution in [2.24, 2.45) is 11.8 Å². The number of benzene rings is 1. The zero-order chi connectivity index (χ0) is 19.5. The second-order valence-electron chi connectivity index (χ2n) is 6.74. The molecule has 2 nitrogen and oxygen atoms in total. The van der Waals surface area contributed by atoms with Gasteiger partial charge in [-0.1, -0.05) is 38.4 Å². The van der Waals surface area contributed by atoms with Crippen molar-refractivity contribution in [3.05, 3.63) is 47.0 Å². The van der Waals surface area contributed by atoms with Crippen LogP contribution in [0.25, 0.3) is 11.1 Å². The Morgan fingerprint density at radius 3 is 2.46 bits per heavy atom. The highest BCUT2D eigenvalue weighted by Gasteiger charge is 2.35. The third kappa shape index (κ3) is 5.34. The van der Waals surface area contributed by atoms with Gasteiger partial charge in [0.25, 0.3) is 0 Å². The fourth-order valence-electron chi connectivity index (χ4n) is 2.78. The molecule has 1 aromatic carbocycles. The predicted molar refractivity (Wildman–Crippen MR) is 93.8 cm³/mol. The standard InChI is InChI=1S/C19H20ClF4NO/c1-11(2)6-12(3)10-26-17-5-4-13(7-15(17)19(22,23)24)14-8-18(21)25-9-16(14)20/h4-5,7-9,11-12H,6,10H2,1-3H3. The number of ether oxygens (including phenoxy) is 1. The van der Waals surface area contributed by atoms with E-state index in [2.05, 4.69) is 4.98 Å². The van der Waals surface area contributed by atoms with Crippen LogP contribution in [0.1, 0.15) is 32.8 Å². The summed E-state index contributed by atoms with van der Waals surface area (Å²) in [7, 11) is 0. The summed E-state index contributed by atoms with van der Waals surface area (Å²) >= 11 is 5.95. The van der Waals surface area contributed by atoms with E-state index in [-0.39, 0.29) is 34.4 Å². The van der Waals surface area contributed by atoms with Gasteiger partial charge in [0.2, 0.25) is 5.95 Å². The molecule has 0 amide bonds. The number of halogens is 5. The lowest BCUT2D eigenvalue weighted by Gasteiger charge is -2.19. The van der Waals surface area contributed by atoms with E-state index in [0.29, 0.717) is 5.92 Å². The van der Waals surface area contributed by atoms with Crippen LogP contribution in [0.5, 0.6) is 5.75 Å². The molecular weight excluding hydrogens is 370 g/mol. The fraction of sp³-hybridized carbons (Fsp3) is 0.421. The number of hydrogen-bond donors (Lipinski definition) is 0. The Hall–Kier alpha value is -1.82. The van der Waals surface area contributed by atoms with Crippen molar-refractivity contribution in [3.8, 4) is 16.9 Å². The molecule has 0 aliphatic carbocycles. The van der Waals surface area contributed by atoms with Gasteiger partial charge in [0.15, 0.2) is 0 Å². The SMILES string of the molecule is CC(C)CC(C)COc1ccc(-c2cc(F)ncc2Cl)cc1C(F)(F)F. The summed E-state index contributed by atoms with van der Waals surface area (Å²) in [5.74, 6) is -0.510. The van der Waals surface area contributed by atoms with E-state index in [1.807, 2.05) is 20.8 Å². The van der Waals surface area contributed by atoms with E-state index < -0.39 is 17.7 Å². The number of aromatic nitrogens is 1. The van der Waals surface area contributed by atoms with E-state index in [1.54, 1.807) is 0 Å². The first-order valence-electron chi connectivity index (χ1n) is 8.23. The van der Waals surface area contributed by atoms with Gasteiger partial charge in [-0.05, 0) is 36.0 Å². The van der Waals surface area contributed by atoms with E-state index in [1.165, 1.54) is 12.1 Å². The lowest BCUT2D eigenvalue weighted by molar-refractivity contribution is -0.139. The molecule has 0 spiro atoms. The van der Waals surface area contributed by atoms with Crippen LogP contribution in [0.4, 0.5) is 17.6 Å². The lowest BCUT2D eigenvalue weighted by atomic mass is 9.99. The van der Waals surface area contributed by atoms with Crippen LogP contribution in [0.2, 0.25) is 5.02 Å². The van der Waals surface area contributed by atoms with Crippen molar-refractivity contribution in [2.45, 2.75) is 33.4 Å². The van der Waals surface area contributed by atoms with Crippen LogP contribution in [0.3, 0.4) is 0 Å². The molecule has 0 fully saturated rings. The summed E-state index contributed by atoms with van der Waals surface area (Å²) in [5.41, 5.74) is -0.629. The van der Waals surface area contributed by atoms with Gasteiger partial charge < -0.3 is 4.74 Å². The topological polar surface area (TPSA) is 22.1 Å². The molecule has 0 bridgehead atoms. The number of alkyl halides is 3. The number of pyridine rings is 1. The molecule has 1 heterocycles. The third-order valence-electron chi connectivity index (χ3n) is 3.82. The first-order chi connectivity index (χ1) is 12.1. The van der Waals surface area contributed by atoms with Crippen LogP contribution in [0, 0.1) is 17.8 Å². The van der Waals surface area contributed by atoms with E-state index >= 15 is 0 Å². The Morgan fingerprint density at radius 2 is 1.85 bits per heavy atom. The Balaban J connectivity index is 2.35. The summed E-state index contributed by atoms with van der Waals surface area (Å²) in [4.78, 5) is 3.38. The van der Waals surface area contributed by atoms with Crippen molar-refractivity contribution in [1.82, 2.24) is 4.98 Å². The average Bonchev–Trinajstić information content (AvgIpc) is 2.53. The minimum absolute atomic E-state index is 0.0683. The van der Waals surface area contributed by atoms with Crippen LogP contribution in [-0.4, -0.2) is 11.6 Å². The summed E-state index contributed by atoms with van der Waals surface area (Å²) in [6.07, 6.45) is -2.69. The van der Waals surface area contributed by atoms with Crippen LogP contribution < -0.4 is 4.74 Å². The van der Waals surface area contributed by atoms with E-state index in [4.69, 9.17) is 16.3 Å². The molecule has 1 atom stereocenters. The second-order valence-corrected chi connectivity index (χ2v) is 7.15. The summed E-state index contributed by atoms with van der Waals surface area (Å²) in [6.45, 7) is 6.21.